The van der Waals surface area contributed by atoms with Crippen molar-refractivity contribution in [2.24, 2.45) is 0 Å². The highest BCUT2D eigenvalue weighted by Crippen LogP contribution is 2.28. The van der Waals surface area contributed by atoms with Gasteiger partial charge in [0.05, 0.1) is 0 Å². The molecule has 1 aromatic carbocycles. The normalized spacial score (nSPS) is 20.2. The first-order chi connectivity index (χ1) is 11.4. The summed E-state index contributed by atoms with van der Waals surface area (Å²) in [7, 11) is 0. The van der Waals surface area contributed by atoms with Crippen molar-refractivity contribution < 1.29 is 14.4 Å². The van der Waals surface area contributed by atoms with Crippen LogP contribution in [0.1, 0.15) is 18.1 Å². The minimum atomic E-state index is -1.17. The maximum Gasteiger partial charge on any atom is 0.325 e. The van der Waals surface area contributed by atoms with E-state index in [1.54, 1.807) is 30.6 Å². The standard InChI is InChI=1S/C16H16N4O3S/c1-10-3-5-11(6-4-10)16(2)13(22)20(15(23)19-16)9-12(21)18-14-17-7-8-24-14/h3-8H,9H2,1-2H3,(H,19,23)(H,17,18,21)/t16-/m1/s1. The predicted molar refractivity (Wildman–Crippen MR) is 89.5 cm³/mol. The van der Waals surface area contributed by atoms with E-state index < -0.39 is 23.4 Å². The lowest BCUT2D eigenvalue weighted by atomic mass is 9.91. The lowest BCUT2D eigenvalue weighted by molar-refractivity contribution is -0.133. The van der Waals surface area contributed by atoms with Gasteiger partial charge in [-0.15, -0.1) is 11.3 Å². The lowest BCUT2D eigenvalue weighted by Crippen LogP contribution is -2.42. The van der Waals surface area contributed by atoms with Crippen LogP contribution in [0.2, 0.25) is 0 Å². The molecule has 8 heteroatoms. The highest BCUT2D eigenvalue weighted by molar-refractivity contribution is 7.13. The molecule has 7 nitrogen and oxygen atoms in total. The Hall–Kier alpha value is -2.74. The Morgan fingerprint density at radius 2 is 2.04 bits per heavy atom. The van der Waals surface area contributed by atoms with Crippen LogP contribution >= 0.6 is 11.3 Å². The summed E-state index contributed by atoms with van der Waals surface area (Å²) in [5, 5.41) is 7.38. The Balaban J connectivity index is 1.76. The van der Waals surface area contributed by atoms with Crippen molar-refractivity contribution in [3.8, 4) is 0 Å². The molecule has 4 amide bonds. The van der Waals surface area contributed by atoms with Crippen LogP contribution < -0.4 is 10.6 Å². The number of amides is 4. The van der Waals surface area contributed by atoms with E-state index >= 15 is 0 Å². The van der Waals surface area contributed by atoms with Gasteiger partial charge in [0.15, 0.2) is 5.13 Å². The summed E-state index contributed by atoms with van der Waals surface area (Å²) >= 11 is 1.26. The third kappa shape index (κ3) is 2.88. The van der Waals surface area contributed by atoms with Gasteiger partial charge in [0.2, 0.25) is 5.91 Å². The number of hydrogen-bond donors (Lipinski definition) is 2. The van der Waals surface area contributed by atoms with Gasteiger partial charge in [-0.05, 0) is 19.4 Å². The Morgan fingerprint density at radius 3 is 2.67 bits per heavy atom. The summed E-state index contributed by atoms with van der Waals surface area (Å²) in [5.41, 5.74) is 0.555. The van der Waals surface area contributed by atoms with Gasteiger partial charge in [-0.25, -0.2) is 9.78 Å². The molecule has 0 spiro atoms. The number of anilines is 1. The molecular formula is C16H16N4O3S. The molecule has 124 valence electrons. The SMILES string of the molecule is Cc1ccc([C@@]2(C)NC(=O)N(CC(=O)Nc3nccs3)C2=O)cc1. The van der Waals surface area contributed by atoms with Gasteiger partial charge in [-0.1, -0.05) is 29.8 Å². The number of benzene rings is 1. The van der Waals surface area contributed by atoms with Crippen LogP contribution in [0.15, 0.2) is 35.8 Å². The number of rotatable bonds is 4. The summed E-state index contributed by atoms with van der Waals surface area (Å²) in [4.78, 5) is 41.8. The number of thiazole rings is 1. The van der Waals surface area contributed by atoms with Crippen molar-refractivity contribution in [2.45, 2.75) is 19.4 Å². The molecule has 1 aromatic heterocycles. The Bertz CT molecular complexity index is 788. The van der Waals surface area contributed by atoms with E-state index in [4.69, 9.17) is 0 Å². The summed E-state index contributed by atoms with van der Waals surface area (Å²) in [5.74, 6) is -0.924. The molecule has 1 atom stereocenters. The van der Waals surface area contributed by atoms with Gasteiger partial charge in [0.1, 0.15) is 12.1 Å². The quantitative estimate of drug-likeness (QED) is 0.828. The average molecular weight is 344 g/mol. The van der Waals surface area contributed by atoms with E-state index in [9.17, 15) is 14.4 Å². The monoisotopic (exact) mass is 344 g/mol. The van der Waals surface area contributed by atoms with E-state index in [-0.39, 0.29) is 6.54 Å². The van der Waals surface area contributed by atoms with Crippen LogP contribution in [0.3, 0.4) is 0 Å². The second kappa shape index (κ2) is 6.04. The molecular weight excluding hydrogens is 328 g/mol. The maximum absolute atomic E-state index is 12.7. The topological polar surface area (TPSA) is 91.4 Å². The van der Waals surface area contributed by atoms with Crippen molar-refractivity contribution in [1.29, 1.82) is 0 Å². The summed E-state index contributed by atoms with van der Waals surface area (Å²) in [6.45, 7) is 3.22. The zero-order chi connectivity index (χ0) is 17.3. The third-order valence-electron chi connectivity index (χ3n) is 3.88. The molecule has 1 aliphatic rings. The van der Waals surface area contributed by atoms with Crippen molar-refractivity contribution in [2.75, 3.05) is 11.9 Å². The molecule has 0 aliphatic carbocycles. The van der Waals surface area contributed by atoms with Gasteiger partial charge in [0.25, 0.3) is 5.91 Å². The number of hydrogen-bond acceptors (Lipinski definition) is 5. The molecule has 0 bridgehead atoms. The van der Waals surface area contributed by atoms with E-state index in [1.165, 1.54) is 11.3 Å². The summed E-state index contributed by atoms with van der Waals surface area (Å²) in [6.07, 6.45) is 1.56. The fourth-order valence-electron chi connectivity index (χ4n) is 2.51. The number of aryl methyl sites for hydroxylation is 1. The van der Waals surface area contributed by atoms with Gasteiger partial charge < -0.3 is 10.6 Å². The largest absolute Gasteiger partial charge is 0.325 e. The molecule has 24 heavy (non-hydrogen) atoms. The van der Waals surface area contributed by atoms with E-state index in [0.29, 0.717) is 10.7 Å². The molecule has 3 rings (SSSR count). The molecule has 0 unspecified atom stereocenters. The summed E-state index contributed by atoms with van der Waals surface area (Å²) in [6, 6.07) is 6.76. The van der Waals surface area contributed by atoms with Crippen LogP contribution in [0.4, 0.5) is 9.93 Å². The number of nitrogens with one attached hydrogen (secondary N) is 2. The van der Waals surface area contributed by atoms with Crippen molar-refractivity contribution >= 4 is 34.3 Å². The predicted octanol–water partition coefficient (Wildman–Crippen LogP) is 1.86. The molecule has 1 aliphatic heterocycles. The highest BCUT2D eigenvalue weighted by Gasteiger charge is 2.49. The first-order valence-electron chi connectivity index (χ1n) is 7.31. The Labute approximate surface area is 142 Å². The second-order valence-electron chi connectivity index (χ2n) is 5.70. The van der Waals surface area contributed by atoms with Crippen LogP contribution in [-0.4, -0.2) is 34.3 Å². The smallest absolute Gasteiger partial charge is 0.319 e. The van der Waals surface area contributed by atoms with E-state index in [2.05, 4.69) is 15.6 Å². The second-order valence-corrected chi connectivity index (χ2v) is 6.59. The van der Waals surface area contributed by atoms with Gasteiger partial charge >= 0.3 is 6.03 Å². The molecule has 1 fully saturated rings. The van der Waals surface area contributed by atoms with Gasteiger partial charge in [-0.2, -0.15) is 0 Å². The van der Waals surface area contributed by atoms with Crippen molar-refractivity contribution in [3.63, 3.8) is 0 Å². The van der Waals surface area contributed by atoms with Crippen LogP contribution in [0.5, 0.6) is 0 Å². The van der Waals surface area contributed by atoms with E-state index in [0.717, 1.165) is 10.5 Å². The van der Waals surface area contributed by atoms with Gasteiger partial charge in [-0.3, -0.25) is 14.5 Å². The molecule has 0 radical (unpaired) electrons. The molecule has 2 N–H and O–H groups in total. The third-order valence-corrected chi connectivity index (χ3v) is 4.57. The molecule has 2 aromatic rings. The minimum Gasteiger partial charge on any atom is -0.319 e. The molecule has 0 saturated carbocycles. The maximum atomic E-state index is 12.7. The number of carbonyl (C=O) groups excluding carboxylic acids is 3. The molecule has 1 saturated heterocycles. The van der Waals surface area contributed by atoms with E-state index in [1.807, 2.05) is 19.1 Å². The van der Waals surface area contributed by atoms with Crippen LogP contribution in [0.25, 0.3) is 0 Å². The number of urea groups is 1. The van der Waals surface area contributed by atoms with Crippen molar-refractivity contribution in [3.05, 3.63) is 47.0 Å². The Kier molecular flexibility index (Phi) is 4.06. The number of imide groups is 1. The lowest BCUT2D eigenvalue weighted by Gasteiger charge is -2.22. The fraction of sp³-hybridized carbons (Fsp3) is 0.250. The number of nitrogens with zero attached hydrogens (tertiary/aromatic N) is 2. The fourth-order valence-corrected chi connectivity index (χ4v) is 3.06. The van der Waals surface area contributed by atoms with Crippen LogP contribution in [-0.2, 0) is 15.1 Å². The zero-order valence-electron chi connectivity index (χ0n) is 13.2. The zero-order valence-corrected chi connectivity index (χ0v) is 14.0. The summed E-state index contributed by atoms with van der Waals surface area (Å²) < 4.78 is 0. The van der Waals surface area contributed by atoms with Crippen LogP contribution in [0, 0.1) is 6.92 Å². The average Bonchev–Trinajstić information content (AvgIpc) is 3.11. The minimum absolute atomic E-state index is 0.355. The number of aromatic nitrogens is 1. The number of carbonyl (C=O) groups is 3. The first kappa shape index (κ1) is 16.1. The Morgan fingerprint density at radius 1 is 1.33 bits per heavy atom. The van der Waals surface area contributed by atoms with Crippen molar-refractivity contribution in [1.82, 2.24) is 15.2 Å². The van der Waals surface area contributed by atoms with Gasteiger partial charge in [0, 0.05) is 11.6 Å². The molecule has 2 heterocycles. The first-order valence-corrected chi connectivity index (χ1v) is 8.19. The highest BCUT2D eigenvalue weighted by atomic mass is 32.1.